The molecule has 0 spiro atoms. The molecular formula is C21H24N2O4. The Kier molecular flexibility index (Phi) is 5.64. The minimum atomic E-state index is -0.994. The molecule has 1 aliphatic carbocycles. The van der Waals surface area contributed by atoms with E-state index in [9.17, 15) is 9.59 Å². The zero-order valence-electron chi connectivity index (χ0n) is 15.6. The van der Waals surface area contributed by atoms with E-state index in [-0.39, 0.29) is 11.8 Å². The second-order valence-electron chi connectivity index (χ2n) is 6.50. The van der Waals surface area contributed by atoms with Gasteiger partial charge in [0, 0.05) is 6.54 Å². The fraction of sp³-hybridized carbons (Fsp3) is 0.333. The molecule has 2 aromatic rings. The smallest absolute Gasteiger partial charge is 0.240 e. The summed E-state index contributed by atoms with van der Waals surface area (Å²) in [6, 6.07) is 14.7. The summed E-state index contributed by atoms with van der Waals surface area (Å²) in [6.45, 7) is 2.75. The van der Waals surface area contributed by atoms with Gasteiger partial charge in [-0.15, -0.1) is 0 Å². The summed E-state index contributed by atoms with van der Waals surface area (Å²) >= 11 is 0. The molecule has 2 amide bonds. The average Bonchev–Trinajstić information content (AvgIpc) is 3.50. The van der Waals surface area contributed by atoms with E-state index in [1.807, 2.05) is 43.3 Å². The van der Waals surface area contributed by atoms with Crippen LogP contribution in [0.3, 0.4) is 0 Å². The van der Waals surface area contributed by atoms with Crippen molar-refractivity contribution in [2.45, 2.75) is 26.3 Å². The summed E-state index contributed by atoms with van der Waals surface area (Å²) in [6.07, 6.45) is 1.09. The van der Waals surface area contributed by atoms with Gasteiger partial charge in [-0.1, -0.05) is 24.3 Å². The number of rotatable bonds is 8. The van der Waals surface area contributed by atoms with E-state index in [0.717, 1.165) is 11.3 Å². The van der Waals surface area contributed by atoms with Crippen molar-refractivity contribution in [1.82, 2.24) is 5.32 Å². The van der Waals surface area contributed by atoms with Gasteiger partial charge in [-0.25, -0.2) is 0 Å². The van der Waals surface area contributed by atoms with Crippen molar-refractivity contribution >= 4 is 17.5 Å². The number of benzene rings is 2. The number of carbonyl (C=O) groups is 2. The Hall–Kier alpha value is -3.02. The minimum Gasteiger partial charge on any atom is -0.497 e. The van der Waals surface area contributed by atoms with E-state index in [4.69, 9.17) is 9.47 Å². The lowest BCUT2D eigenvalue weighted by Crippen LogP contribution is -2.39. The van der Waals surface area contributed by atoms with Crippen molar-refractivity contribution in [3.05, 3.63) is 54.1 Å². The highest BCUT2D eigenvalue weighted by atomic mass is 16.5. The standard InChI is InChI=1S/C21H24N2O4/c1-3-27-18-7-5-4-6-17(18)23-20(25)21(12-13-21)19(24)22-14-15-8-10-16(26-2)11-9-15/h4-11H,3,12-14H2,1-2H3,(H,22,24)(H,23,25). The Bertz CT molecular complexity index is 813. The number of hydrogen-bond donors (Lipinski definition) is 2. The van der Waals surface area contributed by atoms with Crippen LogP contribution in [-0.2, 0) is 16.1 Å². The van der Waals surface area contributed by atoms with Gasteiger partial charge >= 0.3 is 0 Å². The Balaban J connectivity index is 1.61. The van der Waals surface area contributed by atoms with Crippen LogP contribution in [0.2, 0.25) is 0 Å². The first-order valence-electron chi connectivity index (χ1n) is 9.03. The number of anilines is 1. The van der Waals surface area contributed by atoms with E-state index in [0.29, 0.717) is 37.4 Å². The fourth-order valence-corrected chi connectivity index (χ4v) is 2.87. The van der Waals surface area contributed by atoms with Gasteiger partial charge < -0.3 is 20.1 Å². The van der Waals surface area contributed by atoms with Crippen LogP contribution >= 0.6 is 0 Å². The van der Waals surface area contributed by atoms with E-state index in [2.05, 4.69) is 10.6 Å². The number of hydrogen-bond acceptors (Lipinski definition) is 4. The van der Waals surface area contributed by atoms with Crippen molar-refractivity contribution in [2.24, 2.45) is 5.41 Å². The first kappa shape index (κ1) is 18.8. The third kappa shape index (κ3) is 4.22. The monoisotopic (exact) mass is 368 g/mol. The second kappa shape index (κ2) is 8.12. The van der Waals surface area contributed by atoms with Gasteiger partial charge in [0.05, 0.1) is 19.4 Å². The third-order valence-electron chi connectivity index (χ3n) is 4.67. The number of methoxy groups -OCH3 is 1. The molecule has 0 aliphatic heterocycles. The largest absolute Gasteiger partial charge is 0.497 e. The fourth-order valence-electron chi connectivity index (χ4n) is 2.87. The number of ether oxygens (including phenoxy) is 2. The maximum Gasteiger partial charge on any atom is 0.240 e. The lowest BCUT2D eigenvalue weighted by atomic mass is 10.0. The molecule has 0 aromatic heterocycles. The molecule has 27 heavy (non-hydrogen) atoms. The second-order valence-corrected chi connectivity index (χ2v) is 6.50. The quantitative estimate of drug-likeness (QED) is 0.702. The summed E-state index contributed by atoms with van der Waals surface area (Å²) in [4.78, 5) is 25.4. The van der Waals surface area contributed by atoms with E-state index < -0.39 is 5.41 Å². The first-order chi connectivity index (χ1) is 13.1. The lowest BCUT2D eigenvalue weighted by molar-refractivity contribution is -0.134. The number of nitrogens with one attached hydrogen (secondary N) is 2. The van der Waals surface area contributed by atoms with Crippen molar-refractivity contribution in [1.29, 1.82) is 0 Å². The molecule has 2 aromatic carbocycles. The van der Waals surface area contributed by atoms with Gasteiger partial charge in [0.15, 0.2) is 0 Å². The van der Waals surface area contributed by atoms with Crippen LogP contribution in [0.4, 0.5) is 5.69 Å². The predicted octanol–water partition coefficient (Wildman–Crippen LogP) is 3.13. The van der Waals surface area contributed by atoms with Crippen LogP contribution in [0.5, 0.6) is 11.5 Å². The zero-order chi connectivity index (χ0) is 19.3. The zero-order valence-corrected chi connectivity index (χ0v) is 15.6. The number of amides is 2. The molecule has 0 saturated heterocycles. The molecule has 0 radical (unpaired) electrons. The van der Waals surface area contributed by atoms with Crippen molar-refractivity contribution < 1.29 is 19.1 Å². The number of carbonyl (C=O) groups excluding carboxylic acids is 2. The summed E-state index contributed by atoms with van der Waals surface area (Å²) in [5.74, 6) is 0.825. The first-order valence-corrected chi connectivity index (χ1v) is 9.03. The number of para-hydroxylation sites is 2. The Morgan fingerprint density at radius 1 is 1.04 bits per heavy atom. The van der Waals surface area contributed by atoms with E-state index in [1.165, 1.54) is 0 Å². The summed E-state index contributed by atoms with van der Waals surface area (Å²) in [7, 11) is 1.61. The SMILES string of the molecule is CCOc1ccccc1NC(=O)C1(C(=O)NCc2ccc(OC)cc2)CC1. The molecule has 142 valence electrons. The van der Waals surface area contributed by atoms with Crippen LogP contribution in [0.25, 0.3) is 0 Å². The molecule has 0 unspecified atom stereocenters. The topological polar surface area (TPSA) is 76.7 Å². The van der Waals surface area contributed by atoms with Gasteiger partial charge in [0.2, 0.25) is 11.8 Å². The van der Waals surface area contributed by atoms with E-state index >= 15 is 0 Å². The predicted molar refractivity (Wildman–Crippen MR) is 103 cm³/mol. The highest BCUT2D eigenvalue weighted by Gasteiger charge is 2.56. The van der Waals surface area contributed by atoms with Crippen LogP contribution in [0.1, 0.15) is 25.3 Å². The third-order valence-corrected chi connectivity index (χ3v) is 4.67. The molecule has 1 saturated carbocycles. The lowest BCUT2D eigenvalue weighted by Gasteiger charge is -2.17. The Labute approximate surface area is 158 Å². The van der Waals surface area contributed by atoms with Gasteiger partial charge in [-0.2, -0.15) is 0 Å². The van der Waals surface area contributed by atoms with Crippen molar-refractivity contribution in [3.8, 4) is 11.5 Å². The Morgan fingerprint density at radius 3 is 2.37 bits per heavy atom. The van der Waals surface area contributed by atoms with Crippen LogP contribution < -0.4 is 20.1 Å². The summed E-state index contributed by atoms with van der Waals surface area (Å²) in [5.41, 5.74) is 0.534. The molecule has 0 atom stereocenters. The Morgan fingerprint density at radius 2 is 1.74 bits per heavy atom. The van der Waals surface area contributed by atoms with Crippen molar-refractivity contribution in [2.75, 3.05) is 19.0 Å². The maximum absolute atomic E-state index is 12.7. The summed E-state index contributed by atoms with van der Waals surface area (Å²) < 4.78 is 10.7. The van der Waals surface area contributed by atoms with Gasteiger partial charge in [0.25, 0.3) is 0 Å². The van der Waals surface area contributed by atoms with Gasteiger partial charge in [0.1, 0.15) is 16.9 Å². The molecule has 6 nitrogen and oxygen atoms in total. The van der Waals surface area contributed by atoms with Gasteiger partial charge in [-0.3, -0.25) is 9.59 Å². The van der Waals surface area contributed by atoms with Crippen molar-refractivity contribution in [3.63, 3.8) is 0 Å². The van der Waals surface area contributed by atoms with E-state index in [1.54, 1.807) is 19.2 Å². The molecule has 1 fully saturated rings. The van der Waals surface area contributed by atoms with Gasteiger partial charge in [-0.05, 0) is 49.6 Å². The molecular weight excluding hydrogens is 344 g/mol. The van der Waals surface area contributed by atoms with Crippen LogP contribution in [-0.4, -0.2) is 25.5 Å². The molecule has 0 heterocycles. The molecule has 6 heteroatoms. The maximum atomic E-state index is 12.7. The minimum absolute atomic E-state index is 0.246. The molecule has 0 bridgehead atoms. The molecule has 2 N–H and O–H groups in total. The highest BCUT2D eigenvalue weighted by molar-refractivity contribution is 6.13. The highest BCUT2D eigenvalue weighted by Crippen LogP contribution is 2.47. The molecule has 3 rings (SSSR count). The molecule has 1 aliphatic rings. The van der Waals surface area contributed by atoms with Crippen LogP contribution in [0.15, 0.2) is 48.5 Å². The summed E-state index contributed by atoms with van der Waals surface area (Å²) in [5, 5.41) is 5.72. The normalized spacial score (nSPS) is 14.1. The van der Waals surface area contributed by atoms with Crippen LogP contribution in [0, 0.1) is 5.41 Å². The average molecular weight is 368 g/mol.